The fraction of sp³-hybridized carbons (Fsp3) is 0.333. The Kier molecular flexibility index (Phi) is 5.64. The van der Waals surface area contributed by atoms with Crippen LogP contribution in [-0.4, -0.2) is 50.5 Å². The molecule has 1 aliphatic rings. The van der Waals surface area contributed by atoms with E-state index in [1.165, 1.54) is 23.0 Å². The lowest BCUT2D eigenvalue weighted by Gasteiger charge is -2.20. The Morgan fingerprint density at radius 1 is 1.30 bits per heavy atom. The van der Waals surface area contributed by atoms with E-state index in [0.717, 1.165) is 12.1 Å². The zero-order valence-electron chi connectivity index (χ0n) is 15.2. The number of amides is 2. The summed E-state index contributed by atoms with van der Waals surface area (Å²) >= 11 is 0. The molecule has 1 aromatic heterocycles. The van der Waals surface area contributed by atoms with Gasteiger partial charge in [-0.3, -0.25) is 9.69 Å². The van der Waals surface area contributed by atoms with Crippen LogP contribution in [0, 0.1) is 11.3 Å². The normalized spacial score (nSPS) is 18.8. The molecule has 2 heterocycles. The minimum atomic E-state index is -4.49. The molecule has 1 aliphatic heterocycles. The smallest absolute Gasteiger partial charge is 0.416 e. The van der Waals surface area contributed by atoms with Crippen LogP contribution in [0.5, 0.6) is 0 Å². The van der Waals surface area contributed by atoms with Crippen LogP contribution < -0.4 is 5.32 Å². The summed E-state index contributed by atoms with van der Waals surface area (Å²) < 4.78 is 52.7. The third-order valence-electron chi connectivity index (χ3n) is 4.61. The highest BCUT2D eigenvalue weighted by Gasteiger charge is 2.39. The van der Waals surface area contributed by atoms with Crippen molar-refractivity contribution < 1.29 is 32.3 Å². The minimum Gasteiger partial charge on any atom is -0.465 e. The van der Waals surface area contributed by atoms with Crippen LogP contribution in [0.3, 0.4) is 0 Å². The Morgan fingerprint density at radius 3 is 2.53 bits per heavy atom. The van der Waals surface area contributed by atoms with Crippen LogP contribution in [0.1, 0.15) is 23.2 Å². The molecule has 1 aromatic carbocycles. The zero-order chi connectivity index (χ0) is 22.1. The van der Waals surface area contributed by atoms with Gasteiger partial charge in [0.2, 0.25) is 5.91 Å². The van der Waals surface area contributed by atoms with Gasteiger partial charge in [-0.25, -0.2) is 13.9 Å². The van der Waals surface area contributed by atoms with Gasteiger partial charge in [-0.05, 0) is 24.3 Å². The van der Waals surface area contributed by atoms with E-state index in [0.29, 0.717) is 4.90 Å². The van der Waals surface area contributed by atoms with Crippen molar-refractivity contribution >= 4 is 12.0 Å². The number of carbonyl (C=O) groups is 2. The number of aromatic nitrogens is 2. The molecule has 0 aliphatic carbocycles. The average molecular weight is 425 g/mol. The highest BCUT2D eigenvalue weighted by Crippen LogP contribution is 2.29. The largest absolute Gasteiger partial charge is 0.465 e. The minimum absolute atomic E-state index is 0.0694. The van der Waals surface area contributed by atoms with Crippen molar-refractivity contribution in [3.8, 4) is 11.8 Å². The molecule has 158 valence electrons. The van der Waals surface area contributed by atoms with E-state index in [-0.39, 0.29) is 29.9 Å². The van der Waals surface area contributed by atoms with E-state index in [4.69, 9.17) is 5.11 Å². The highest BCUT2D eigenvalue weighted by molar-refractivity contribution is 5.86. The lowest BCUT2D eigenvalue weighted by Crippen LogP contribution is -2.45. The number of likely N-dealkylation sites (tertiary alicyclic amines) is 1. The Balaban J connectivity index is 1.73. The molecule has 2 aromatic rings. The van der Waals surface area contributed by atoms with Gasteiger partial charge in [0.05, 0.1) is 17.8 Å². The van der Waals surface area contributed by atoms with Crippen LogP contribution in [0.4, 0.5) is 22.4 Å². The first-order chi connectivity index (χ1) is 14.1. The second-order valence-corrected chi connectivity index (χ2v) is 6.61. The predicted octanol–water partition coefficient (Wildman–Crippen LogP) is 2.47. The second-order valence-electron chi connectivity index (χ2n) is 6.61. The maximum atomic E-state index is 13.5. The first-order valence-corrected chi connectivity index (χ1v) is 8.67. The fourth-order valence-electron chi connectivity index (χ4n) is 3.11. The number of halogens is 4. The van der Waals surface area contributed by atoms with E-state index in [9.17, 15) is 32.4 Å². The quantitative estimate of drug-likeness (QED) is 0.731. The van der Waals surface area contributed by atoms with Gasteiger partial charge < -0.3 is 10.4 Å². The van der Waals surface area contributed by atoms with Crippen molar-refractivity contribution in [3.63, 3.8) is 0 Å². The van der Waals surface area contributed by atoms with Crippen molar-refractivity contribution in [1.29, 1.82) is 5.26 Å². The Labute approximate surface area is 167 Å². The van der Waals surface area contributed by atoms with E-state index < -0.39 is 42.5 Å². The van der Waals surface area contributed by atoms with Gasteiger partial charge >= 0.3 is 12.3 Å². The maximum Gasteiger partial charge on any atom is 0.416 e. The van der Waals surface area contributed by atoms with E-state index >= 15 is 0 Å². The number of hydrogen-bond acceptors (Lipinski definition) is 4. The summed E-state index contributed by atoms with van der Waals surface area (Å²) in [6.45, 7) is -0.591. The first kappa shape index (κ1) is 21.1. The molecular weight excluding hydrogens is 410 g/mol. The number of benzene rings is 1. The van der Waals surface area contributed by atoms with Crippen molar-refractivity contribution in [2.24, 2.45) is 0 Å². The van der Waals surface area contributed by atoms with E-state index in [1.54, 1.807) is 0 Å². The van der Waals surface area contributed by atoms with Crippen molar-refractivity contribution in [1.82, 2.24) is 20.0 Å². The molecule has 0 spiro atoms. The molecule has 0 saturated carbocycles. The van der Waals surface area contributed by atoms with Crippen molar-refractivity contribution in [2.75, 3.05) is 6.54 Å². The Bertz CT molecular complexity index is 997. The molecule has 1 fully saturated rings. The monoisotopic (exact) mass is 425 g/mol. The van der Waals surface area contributed by atoms with Gasteiger partial charge in [0, 0.05) is 24.7 Å². The van der Waals surface area contributed by atoms with Gasteiger partial charge in [0.1, 0.15) is 18.3 Å². The van der Waals surface area contributed by atoms with Gasteiger partial charge in [-0.15, -0.1) is 0 Å². The number of nitrogens with zero attached hydrogens (tertiary/aromatic N) is 4. The number of hydrogen-bond donors (Lipinski definition) is 2. The third kappa shape index (κ3) is 4.35. The van der Waals surface area contributed by atoms with Crippen molar-refractivity contribution in [3.05, 3.63) is 47.3 Å². The number of rotatable bonds is 4. The maximum absolute atomic E-state index is 13.5. The summed E-state index contributed by atoms with van der Waals surface area (Å²) in [5, 5.41) is 24.7. The molecule has 8 nitrogen and oxygen atoms in total. The zero-order valence-corrected chi connectivity index (χ0v) is 15.2. The average Bonchev–Trinajstić information content (AvgIpc) is 3.29. The molecule has 0 unspecified atom stereocenters. The van der Waals surface area contributed by atoms with Crippen molar-refractivity contribution in [2.45, 2.75) is 31.4 Å². The lowest BCUT2D eigenvalue weighted by atomic mass is 10.2. The molecule has 1 saturated heterocycles. The molecule has 2 N–H and O–H groups in total. The first-order valence-electron chi connectivity index (χ1n) is 8.67. The summed E-state index contributed by atoms with van der Waals surface area (Å²) in [6.07, 6.45) is -6.26. The standard InChI is InChI=1S/C18H15F4N5O3/c19-12-5-15(26(9-12)17(29)30)16(28)24-7-10-8-27(25-14(10)6-23)13-3-1-11(2-4-13)18(20,21)22/h1-4,8,12,15H,5,7,9H2,(H,24,28)(H,29,30)/t12-,15-/m1/s1. The van der Waals surface area contributed by atoms with Gasteiger partial charge in [0.15, 0.2) is 5.69 Å². The molecule has 0 bridgehead atoms. The molecule has 2 atom stereocenters. The molecule has 12 heteroatoms. The van der Waals surface area contributed by atoms with Crippen LogP contribution in [-0.2, 0) is 17.5 Å². The van der Waals surface area contributed by atoms with Gasteiger partial charge in [-0.2, -0.15) is 23.5 Å². The Morgan fingerprint density at radius 2 is 1.97 bits per heavy atom. The molecule has 0 radical (unpaired) electrons. The fourth-order valence-corrected chi connectivity index (χ4v) is 3.11. The number of carbonyl (C=O) groups excluding carboxylic acids is 1. The van der Waals surface area contributed by atoms with Gasteiger partial charge in [-0.1, -0.05) is 0 Å². The molecule has 2 amide bonds. The number of alkyl halides is 4. The second kappa shape index (κ2) is 8.02. The molecule has 30 heavy (non-hydrogen) atoms. The lowest BCUT2D eigenvalue weighted by molar-refractivity contribution is -0.137. The predicted molar refractivity (Wildman–Crippen MR) is 93.2 cm³/mol. The number of nitriles is 1. The van der Waals surface area contributed by atoms with Crippen LogP contribution in [0.25, 0.3) is 5.69 Å². The molecular formula is C18H15F4N5O3. The number of nitrogens with one attached hydrogen (secondary N) is 1. The third-order valence-corrected chi connectivity index (χ3v) is 4.61. The van der Waals surface area contributed by atoms with E-state index in [2.05, 4.69) is 10.4 Å². The summed E-state index contributed by atoms with van der Waals surface area (Å²) in [5.74, 6) is -0.719. The van der Waals surface area contributed by atoms with Crippen LogP contribution in [0.2, 0.25) is 0 Å². The SMILES string of the molecule is N#Cc1nn(-c2ccc(C(F)(F)F)cc2)cc1CNC(=O)[C@H]1C[C@@H](F)CN1C(=O)O. The molecule has 3 rings (SSSR count). The van der Waals surface area contributed by atoms with Crippen LogP contribution >= 0.6 is 0 Å². The Hall–Kier alpha value is -3.62. The summed E-state index contributed by atoms with van der Waals surface area (Å²) in [5.41, 5.74) is -0.371. The van der Waals surface area contributed by atoms with E-state index in [1.807, 2.05) is 6.07 Å². The summed E-state index contributed by atoms with van der Waals surface area (Å²) in [4.78, 5) is 24.1. The van der Waals surface area contributed by atoms with Gasteiger partial charge in [0.25, 0.3) is 0 Å². The number of carboxylic acid groups (broad SMARTS) is 1. The summed E-state index contributed by atoms with van der Waals surface area (Å²) in [7, 11) is 0. The topological polar surface area (TPSA) is 111 Å². The van der Waals surface area contributed by atoms with Crippen LogP contribution in [0.15, 0.2) is 30.5 Å². The highest BCUT2D eigenvalue weighted by atomic mass is 19.4. The summed E-state index contributed by atoms with van der Waals surface area (Å²) in [6, 6.07) is 4.75.